The van der Waals surface area contributed by atoms with Crippen LogP contribution in [0.15, 0.2) is 0 Å². The molecule has 4 nitrogen and oxygen atoms in total. The molecule has 0 aromatic heterocycles. The molecule has 2 fully saturated rings. The lowest BCUT2D eigenvalue weighted by atomic mass is 10.0. The number of piperazine rings is 1. The van der Waals surface area contributed by atoms with Crippen LogP contribution in [0.3, 0.4) is 0 Å². The Morgan fingerprint density at radius 3 is 2.41 bits per heavy atom. The quantitative estimate of drug-likeness (QED) is 0.815. The molecule has 1 aliphatic carbocycles. The van der Waals surface area contributed by atoms with Gasteiger partial charge >= 0.3 is 0 Å². The van der Waals surface area contributed by atoms with Gasteiger partial charge in [-0.2, -0.15) is 4.31 Å². The fourth-order valence-corrected chi connectivity index (χ4v) is 5.37. The minimum atomic E-state index is -3.10. The zero-order valence-corrected chi connectivity index (χ0v) is 11.7. The molecule has 1 aliphatic heterocycles. The van der Waals surface area contributed by atoms with Gasteiger partial charge < -0.3 is 5.32 Å². The highest BCUT2D eigenvalue weighted by Gasteiger charge is 2.42. The summed E-state index contributed by atoms with van der Waals surface area (Å²) in [5, 5.41) is 3.14. The molecule has 0 radical (unpaired) electrons. The van der Waals surface area contributed by atoms with E-state index in [9.17, 15) is 8.42 Å². The molecule has 0 unspecified atom stereocenters. The van der Waals surface area contributed by atoms with Crippen LogP contribution in [0.5, 0.6) is 0 Å². The summed E-state index contributed by atoms with van der Waals surface area (Å²) in [7, 11) is -3.10. The van der Waals surface area contributed by atoms with Gasteiger partial charge in [-0.3, -0.25) is 0 Å². The zero-order valence-electron chi connectivity index (χ0n) is 10.9. The van der Waals surface area contributed by atoms with Crippen molar-refractivity contribution in [2.45, 2.75) is 56.7 Å². The molecule has 1 N–H and O–H groups in total. The van der Waals surface area contributed by atoms with E-state index < -0.39 is 10.0 Å². The maximum atomic E-state index is 12.7. The molecule has 0 spiro atoms. The molecule has 1 heterocycles. The molecule has 0 bridgehead atoms. The molecule has 0 aromatic rings. The molecule has 1 saturated carbocycles. The lowest BCUT2D eigenvalue weighted by Crippen LogP contribution is -2.61. The van der Waals surface area contributed by atoms with E-state index in [0.29, 0.717) is 6.54 Å². The van der Waals surface area contributed by atoms with Gasteiger partial charge in [0.1, 0.15) is 0 Å². The van der Waals surface area contributed by atoms with Crippen molar-refractivity contribution in [1.82, 2.24) is 9.62 Å². The van der Waals surface area contributed by atoms with Gasteiger partial charge in [-0.1, -0.05) is 19.3 Å². The van der Waals surface area contributed by atoms with Crippen LogP contribution in [0.25, 0.3) is 0 Å². The molecule has 5 heteroatoms. The average Bonchev–Trinajstić information content (AvgIpc) is 2.29. The van der Waals surface area contributed by atoms with E-state index in [1.54, 1.807) is 4.31 Å². The van der Waals surface area contributed by atoms with E-state index in [4.69, 9.17) is 0 Å². The Morgan fingerprint density at radius 2 is 1.82 bits per heavy atom. The number of hydrogen-bond acceptors (Lipinski definition) is 3. The Labute approximate surface area is 105 Å². The van der Waals surface area contributed by atoms with E-state index in [0.717, 1.165) is 38.8 Å². The Balaban J connectivity index is 2.18. The minimum absolute atomic E-state index is 0.131. The first-order chi connectivity index (χ1) is 7.94. The van der Waals surface area contributed by atoms with Crippen molar-refractivity contribution in [1.29, 1.82) is 0 Å². The van der Waals surface area contributed by atoms with Crippen LogP contribution in [0.1, 0.15) is 46.0 Å². The van der Waals surface area contributed by atoms with Crippen LogP contribution in [-0.4, -0.2) is 43.1 Å². The number of sulfonamides is 1. The van der Waals surface area contributed by atoms with Crippen LogP contribution in [0.2, 0.25) is 0 Å². The minimum Gasteiger partial charge on any atom is -0.314 e. The van der Waals surface area contributed by atoms with Gasteiger partial charge in [0.15, 0.2) is 0 Å². The molecule has 1 saturated heterocycles. The van der Waals surface area contributed by atoms with Crippen molar-refractivity contribution < 1.29 is 8.42 Å². The van der Waals surface area contributed by atoms with Crippen molar-refractivity contribution >= 4 is 10.0 Å². The van der Waals surface area contributed by atoms with Crippen LogP contribution < -0.4 is 5.32 Å². The first kappa shape index (κ1) is 13.3. The molecule has 0 amide bonds. The molecule has 0 aromatic carbocycles. The smallest absolute Gasteiger partial charge is 0.217 e. The summed E-state index contributed by atoms with van der Waals surface area (Å²) in [6.07, 6.45) is 5.02. The van der Waals surface area contributed by atoms with Crippen LogP contribution in [0.4, 0.5) is 0 Å². The number of hydrogen-bond donors (Lipinski definition) is 1. The van der Waals surface area contributed by atoms with Gasteiger partial charge in [-0.05, 0) is 26.7 Å². The SMILES string of the molecule is CC1(C)CNCCN1S(=O)(=O)C1CCCCC1. The Bertz CT molecular complexity index is 359. The maximum Gasteiger partial charge on any atom is 0.217 e. The van der Waals surface area contributed by atoms with Gasteiger partial charge in [-0.25, -0.2) is 8.42 Å². The lowest BCUT2D eigenvalue weighted by molar-refractivity contribution is 0.182. The molecule has 2 rings (SSSR count). The van der Waals surface area contributed by atoms with Gasteiger partial charge in [0.05, 0.1) is 5.25 Å². The van der Waals surface area contributed by atoms with Gasteiger partial charge in [0.2, 0.25) is 10.0 Å². The first-order valence-electron chi connectivity index (χ1n) is 6.67. The second-order valence-electron chi connectivity index (χ2n) is 5.87. The molecule has 2 aliphatic rings. The Kier molecular flexibility index (Phi) is 3.80. The summed E-state index contributed by atoms with van der Waals surface area (Å²) < 4.78 is 27.1. The van der Waals surface area contributed by atoms with Crippen molar-refractivity contribution in [2.24, 2.45) is 0 Å². The van der Waals surface area contributed by atoms with Crippen molar-refractivity contribution in [2.75, 3.05) is 19.6 Å². The van der Waals surface area contributed by atoms with Crippen molar-refractivity contribution in [3.05, 3.63) is 0 Å². The molecule has 17 heavy (non-hydrogen) atoms. The Hall–Kier alpha value is -0.130. The first-order valence-corrected chi connectivity index (χ1v) is 8.17. The third kappa shape index (κ3) is 2.66. The van der Waals surface area contributed by atoms with Crippen LogP contribution >= 0.6 is 0 Å². The molecule has 100 valence electrons. The summed E-state index contributed by atoms with van der Waals surface area (Å²) in [5.41, 5.74) is -0.283. The summed E-state index contributed by atoms with van der Waals surface area (Å²) in [6, 6.07) is 0. The maximum absolute atomic E-state index is 12.7. The second-order valence-corrected chi connectivity index (χ2v) is 8.00. The summed E-state index contributed by atoms with van der Waals surface area (Å²) >= 11 is 0. The highest BCUT2D eigenvalue weighted by molar-refractivity contribution is 7.89. The van der Waals surface area contributed by atoms with Gasteiger partial charge in [-0.15, -0.1) is 0 Å². The van der Waals surface area contributed by atoms with Crippen LogP contribution in [-0.2, 0) is 10.0 Å². The summed E-state index contributed by atoms with van der Waals surface area (Å²) in [4.78, 5) is 0. The Morgan fingerprint density at radius 1 is 1.18 bits per heavy atom. The standard InChI is InChI=1S/C12H24N2O2S/c1-12(2)10-13-8-9-14(12)17(15,16)11-6-4-3-5-7-11/h11,13H,3-10H2,1-2H3. The van der Waals surface area contributed by atoms with Crippen molar-refractivity contribution in [3.8, 4) is 0 Å². The van der Waals surface area contributed by atoms with E-state index in [1.165, 1.54) is 6.42 Å². The highest BCUT2D eigenvalue weighted by atomic mass is 32.2. The summed E-state index contributed by atoms with van der Waals surface area (Å²) in [6.45, 7) is 6.17. The van der Waals surface area contributed by atoms with E-state index in [-0.39, 0.29) is 10.8 Å². The normalized spacial score (nSPS) is 28.1. The van der Waals surface area contributed by atoms with E-state index in [2.05, 4.69) is 5.32 Å². The van der Waals surface area contributed by atoms with Gasteiger partial charge in [0, 0.05) is 25.2 Å². The van der Waals surface area contributed by atoms with Crippen LogP contribution in [0, 0.1) is 0 Å². The summed E-state index contributed by atoms with van der Waals surface area (Å²) in [5.74, 6) is 0. The number of nitrogens with one attached hydrogen (secondary N) is 1. The molecular formula is C12H24N2O2S. The average molecular weight is 260 g/mol. The topological polar surface area (TPSA) is 49.4 Å². The predicted molar refractivity (Wildman–Crippen MR) is 69.4 cm³/mol. The number of nitrogens with zero attached hydrogens (tertiary/aromatic N) is 1. The van der Waals surface area contributed by atoms with Gasteiger partial charge in [0.25, 0.3) is 0 Å². The fourth-order valence-electron chi connectivity index (χ4n) is 2.98. The molecule has 0 atom stereocenters. The fraction of sp³-hybridized carbons (Fsp3) is 1.00. The third-order valence-corrected chi connectivity index (χ3v) is 6.61. The predicted octanol–water partition coefficient (Wildman–Crippen LogP) is 1.33. The lowest BCUT2D eigenvalue weighted by Gasteiger charge is -2.43. The third-order valence-electron chi connectivity index (χ3n) is 4.01. The highest BCUT2D eigenvalue weighted by Crippen LogP contribution is 2.30. The molecular weight excluding hydrogens is 236 g/mol. The zero-order chi connectivity index (χ0) is 12.5. The monoisotopic (exact) mass is 260 g/mol. The van der Waals surface area contributed by atoms with Crippen molar-refractivity contribution in [3.63, 3.8) is 0 Å². The second kappa shape index (κ2) is 4.86. The van der Waals surface area contributed by atoms with E-state index >= 15 is 0 Å². The number of rotatable bonds is 2. The largest absolute Gasteiger partial charge is 0.314 e. The van der Waals surface area contributed by atoms with E-state index in [1.807, 2.05) is 13.8 Å².